The molecule has 0 spiro atoms. The Bertz CT molecular complexity index is 1210. The lowest BCUT2D eigenvalue weighted by Gasteiger charge is -2.25. The van der Waals surface area contributed by atoms with Crippen LogP contribution in [0.5, 0.6) is 5.75 Å². The summed E-state index contributed by atoms with van der Waals surface area (Å²) in [5, 5.41) is 1.18. The number of hydrogen-bond donors (Lipinski definition) is 1. The number of rotatable bonds is 6. The molecule has 3 heterocycles. The Labute approximate surface area is 188 Å². The maximum Gasteiger partial charge on any atom is 0.223 e. The number of nitrogens with one attached hydrogen (secondary N) is 1. The van der Waals surface area contributed by atoms with Gasteiger partial charge in [-0.05, 0) is 78.4 Å². The molecule has 2 aromatic carbocycles. The summed E-state index contributed by atoms with van der Waals surface area (Å²) in [4.78, 5) is 23.0. The predicted molar refractivity (Wildman–Crippen MR) is 127 cm³/mol. The molecule has 2 aromatic heterocycles. The number of methoxy groups -OCH3 is 1. The van der Waals surface area contributed by atoms with Gasteiger partial charge in [-0.2, -0.15) is 0 Å². The third-order valence-corrected chi connectivity index (χ3v) is 6.45. The van der Waals surface area contributed by atoms with E-state index in [1.54, 1.807) is 7.11 Å². The molecule has 0 saturated carbocycles. The molecular formula is C27H27N3O2. The first-order valence-electron chi connectivity index (χ1n) is 11.2. The summed E-state index contributed by atoms with van der Waals surface area (Å²) < 4.78 is 5.31. The van der Waals surface area contributed by atoms with Crippen LogP contribution >= 0.6 is 0 Å². The van der Waals surface area contributed by atoms with Crippen molar-refractivity contribution in [1.82, 2.24) is 14.9 Å². The number of aryl methyl sites for hydroxylation is 1. The molecular weight excluding hydrogens is 398 g/mol. The van der Waals surface area contributed by atoms with Crippen LogP contribution in [0, 0.1) is 0 Å². The molecule has 5 rings (SSSR count). The van der Waals surface area contributed by atoms with Crippen LogP contribution in [0.25, 0.3) is 22.2 Å². The molecule has 1 aliphatic heterocycles. The second-order valence-corrected chi connectivity index (χ2v) is 8.28. The Kier molecular flexibility index (Phi) is 5.63. The normalized spacial score (nSPS) is 15.9. The first kappa shape index (κ1) is 20.3. The Hall–Kier alpha value is -3.60. The van der Waals surface area contributed by atoms with E-state index in [0.29, 0.717) is 12.8 Å². The minimum absolute atomic E-state index is 0.162. The van der Waals surface area contributed by atoms with Crippen LogP contribution < -0.4 is 4.74 Å². The van der Waals surface area contributed by atoms with Crippen LogP contribution in [-0.4, -0.2) is 34.4 Å². The van der Waals surface area contributed by atoms with Gasteiger partial charge in [-0.15, -0.1) is 0 Å². The zero-order valence-electron chi connectivity index (χ0n) is 18.3. The number of carbonyl (C=O) groups is 1. The number of pyridine rings is 1. The molecule has 1 N–H and O–H groups in total. The predicted octanol–water partition coefficient (Wildman–Crippen LogP) is 5.53. The lowest BCUT2D eigenvalue weighted by molar-refractivity contribution is -0.132. The number of aromatic nitrogens is 2. The zero-order valence-corrected chi connectivity index (χ0v) is 18.3. The van der Waals surface area contributed by atoms with E-state index in [-0.39, 0.29) is 11.9 Å². The SMILES string of the molecule is COc1ccc(-c2[nH]c3ccccc3c2CCC(=O)N2CCC[C@@H]2c2ccncc2)cc1. The fraction of sp³-hybridized carbons (Fsp3) is 0.259. The highest BCUT2D eigenvalue weighted by atomic mass is 16.5. The van der Waals surface area contributed by atoms with E-state index < -0.39 is 0 Å². The number of H-pyrrole nitrogens is 1. The molecule has 1 fully saturated rings. The number of fused-ring (bicyclic) bond motifs is 1. The average Bonchev–Trinajstić information content (AvgIpc) is 3.48. The fourth-order valence-corrected chi connectivity index (χ4v) is 4.84. The van der Waals surface area contributed by atoms with Crippen molar-refractivity contribution in [1.29, 1.82) is 0 Å². The van der Waals surface area contributed by atoms with Crippen LogP contribution in [0.15, 0.2) is 73.1 Å². The quantitative estimate of drug-likeness (QED) is 0.442. The van der Waals surface area contributed by atoms with Gasteiger partial charge in [0.15, 0.2) is 0 Å². The lowest BCUT2D eigenvalue weighted by Crippen LogP contribution is -2.30. The largest absolute Gasteiger partial charge is 0.497 e. The van der Waals surface area contributed by atoms with E-state index in [2.05, 4.69) is 45.2 Å². The monoisotopic (exact) mass is 425 g/mol. The Morgan fingerprint density at radius 3 is 2.66 bits per heavy atom. The minimum atomic E-state index is 0.162. The molecule has 0 unspecified atom stereocenters. The van der Waals surface area contributed by atoms with E-state index in [1.165, 1.54) is 16.5 Å². The number of para-hydroxylation sites is 1. The smallest absolute Gasteiger partial charge is 0.223 e. The highest BCUT2D eigenvalue weighted by Crippen LogP contribution is 2.35. The number of hydrogen-bond acceptors (Lipinski definition) is 3. The van der Waals surface area contributed by atoms with Crippen LogP contribution in [-0.2, 0) is 11.2 Å². The van der Waals surface area contributed by atoms with Crippen LogP contribution in [0.4, 0.5) is 0 Å². The van der Waals surface area contributed by atoms with Gasteiger partial charge in [-0.3, -0.25) is 9.78 Å². The van der Waals surface area contributed by atoms with Gasteiger partial charge in [0, 0.05) is 42.0 Å². The maximum absolute atomic E-state index is 13.3. The Morgan fingerprint density at radius 1 is 1.09 bits per heavy atom. The number of carbonyl (C=O) groups excluding carboxylic acids is 1. The topological polar surface area (TPSA) is 58.2 Å². The summed E-state index contributed by atoms with van der Waals surface area (Å²) in [6.07, 6.45) is 6.87. The van der Waals surface area contributed by atoms with Crippen molar-refractivity contribution >= 4 is 16.8 Å². The molecule has 0 radical (unpaired) electrons. The Balaban J connectivity index is 1.40. The summed E-state index contributed by atoms with van der Waals surface area (Å²) in [6.45, 7) is 0.824. The van der Waals surface area contributed by atoms with E-state index in [1.807, 2.05) is 42.7 Å². The minimum Gasteiger partial charge on any atom is -0.497 e. The third kappa shape index (κ3) is 3.86. The number of likely N-dealkylation sites (tertiary alicyclic amines) is 1. The second-order valence-electron chi connectivity index (χ2n) is 8.28. The first-order chi connectivity index (χ1) is 15.7. The molecule has 0 aliphatic carbocycles. The summed E-state index contributed by atoms with van der Waals surface area (Å²) in [6, 6.07) is 20.6. The fourth-order valence-electron chi connectivity index (χ4n) is 4.84. The molecule has 1 aliphatic rings. The van der Waals surface area contributed by atoms with Gasteiger partial charge in [-0.1, -0.05) is 18.2 Å². The summed E-state index contributed by atoms with van der Waals surface area (Å²) in [5.41, 5.74) is 5.64. The van der Waals surface area contributed by atoms with Crippen molar-refractivity contribution in [2.24, 2.45) is 0 Å². The van der Waals surface area contributed by atoms with Crippen LogP contribution in [0.2, 0.25) is 0 Å². The molecule has 5 heteroatoms. The third-order valence-electron chi connectivity index (χ3n) is 6.45. The van der Waals surface area contributed by atoms with Crippen molar-refractivity contribution in [3.8, 4) is 17.0 Å². The van der Waals surface area contributed by atoms with Gasteiger partial charge >= 0.3 is 0 Å². The van der Waals surface area contributed by atoms with Gasteiger partial charge in [0.1, 0.15) is 5.75 Å². The summed E-state index contributed by atoms with van der Waals surface area (Å²) in [7, 11) is 1.67. The number of ether oxygens (including phenoxy) is 1. The summed E-state index contributed by atoms with van der Waals surface area (Å²) >= 11 is 0. The molecule has 1 saturated heterocycles. The van der Waals surface area contributed by atoms with Crippen LogP contribution in [0.1, 0.15) is 36.4 Å². The highest BCUT2D eigenvalue weighted by molar-refractivity contribution is 5.91. The first-order valence-corrected chi connectivity index (χ1v) is 11.2. The van der Waals surface area contributed by atoms with Crippen molar-refractivity contribution in [2.45, 2.75) is 31.7 Å². The van der Waals surface area contributed by atoms with Gasteiger partial charge in [0.05, 0.1) is 13.2 Å². The molecule has 1 amide bonds. The second kappa shape index (κ2) is 8.87. The van der Waals surface area contributed by atoms with E-state index in [9.17, 15) is 4.79 Å². The standard InChI is InChI=1S/C27H27N3O2/c1-32-21-10-8-20(9-11-21)27-23(22-5-2-3-6-24(22)29-27)12-13-26(31)30-18-4-7-25(30)19-14-16-28-17-15-19/h2-3,5-6,8-11,14-17,25,29H,4,7,12-13,18H2,1H3/t25-/m1/s1. The van der Waals surface area contributed by atoms with E-state index >= 15 is 0 Å². The van der Waals surface area contributed by atoms with Crippen molar-refractivity contribution in [3.63, 3.8) is 0 Å². The summed E-state index contributed by atoms with van der Waals surface area (Å²) in [5.74, 6) is 1.05. The van der Waals surface area contributed by atoms with Gasteiger partial charge < -0.3 is 14.6 Å². The lowest BCUT2D eigenvalue weighted by atomic mass is 10.00. The van der Waals surface area contributed by atoms with Crippen molar-refractivity contribution < 1.29 is 9.53 Å². The van der Waals surface area contributed by atoms with Crippen LogP contribution in [0.3, 0.4) is 0 Å². The molecule has 4 aromatic rings. The zero-order chi connectivity index (χ0) is 21.9. The molecule has 32 heavy (non-hydrogen) atoms. The van der Waals surface area contributed by atoms with Gasteiger partial charge in [-0.25, -0.2) is 0 Å². The van der Waals surface area contributed by atoms with Gasteiger partial charge in [0.2, 0.25) is 5.91 Å². The molecule has 162 valence electrons. The molecule has 5 nitrogen and oxygen atoms in total. The highest BCUT2D eigenvalue weighted by Gasteiger charge is 2.29. The van der Waals surface area contributed by atoms with Crippen molar-refractivity contribution in [2.75, 3.05) is 13.7 Å². The average molecular weight is 426 g/mol. The number of aromatic amines is 1. The number of amides is 1. The number of benzene rings is 2. The number of nitrogens with zero attached hydrogens (tertiary/aromatic N) is 2. The van der Waals surface area contributed by atoms with E-state index in [0.717, 1.165) is 41.9 Å². The van der Waals surface area contributed by atoms with Crippen molar-refractivity contribution in [3.05, 3.63) is 84.2 Å². The maximum atomic E-state index is 13.3. The van der Waals surface area contributed by atoms with Gasteiger partial charge in [0.25, 0.3) is 0 Å². The Morgan fingerprint density at radius 2 is 1.88 bits per heavy atom. The molecule has 0 bridgehead atoms. The van der Waals surface area contributed by atoms with E-state index in [4.69, 9.17) is 4.74 Å². The molecule has 1 atom stereocenters.